The SMILES string of the molecule is CC(C)(C)c1cc(Cl)c(O)c(NC(=S)NC(=O)c2cccc(Cl)c2)c1. The average molecular weight is 397 g/mol. The quantitative estimate of drug-likeness (QED) is 0.486. The Morgan fingerprint density at radius 1 is 1.16 bits per heavy atom. The van der Waals surface area contributed by atoms with Gasteiger partial charge in [-0.1, -0.05) is 50.0 Å². The second-order valence-electron chi connectivity index (χ2n) is 6.52. The Morgan fingerprint density at radius 2 is 1.84 bits per heavy atom. The molecule has 2 rings (SSSR count). The van der Waals surface area contributed by atoms with Crippen LogP contribution in [0.4, 0.5) is 5.69 Å². The van der Waals surface area contributed by atoms with E-state index < -0.39 is 5.91 Å². The summed E-state index contributed by atoms with van der Waals surface area (Å²) in [6.07, 6.45) is 0. The van der Waals surface area contributed by atoms with Crippen LogP contribution in [0.2, 0.25) is 10.0 Å². The first-order valence-electron chi connectivity index (χ1n) is 7.49. The molecule has 0 bridgehead atoms. The van der Waals surface area contributed by atoms with E-state index in [1.54, 1.807) is 30.3 Å². The van der Waals surface area contributed by atoms with Crippen LogP contribution in [-0.2, 0) is 5.41 Å². The third kappa shape index (κ3) is 5.08. The van der Waals surface area contributed by atoms with Gasteiger partial charge < -0.3 is 10.4 Å². The maximum Gasteiger partial charge on any atom is 0.257 e. The molecule has 0 heterocycles. The molecule has 0 saturated heterocycles. The first-order valence-corrected chi connectivity index (χ1v) is 8.65. The summed E-state index contributed by atoms with van der Waals surface area (Å²) in [5.41, 5.74) is 1.46. The van der Waals surface area contributed by atoms with Gasteiger partial charge in [0.15, 0.2) is 10.9 Å². The highest BCUT2D eigenvalue weighted by atomic mass is 35.5. The fraction of sp³-hybridized carbons (Fsp3) is 0.222. The number of phenolic OH excluding ortho intramolecular Hbond substituents is 1. The minimum atomic E-state index is -0.405. The molecule has 0 aliphatic heterocycles. The fourth-order valence-electron chi connectivity index (χ4n) is 2.09. The van der Waals surface area contributed by atoms with Crippen LogP contribution in [0, 0.1) is 0 Å². The summed E-state index contributed by atoms with van der Waals surface area (Å²) in [5.74, 6) is -0.536. The summed E-state index contributed by atoms with van der Waals surface area (Å²) >= 11 is 17.1. The number of amides is 1. The van der Waals surface area contributed by atoms with Crippen molar-refractivity contribution in [2.75, 3.05) is 5.32 Å². The van der Waals surface area contributed by atoms with Gasteiger partial charge in [0.2, 0.25) is 0 Å². The number of carbonyl (C=O) groups is 1. The summed E-state index contributed by atoms with van der Waals surface area (Å²) in [4.78, 5) is 12.2. The lowest BCUT2D eigenvalue weighted by molar-refractivity contribution is 0.0977. The molecule has 1 amide bonds. The summed E-state index contributed by atoms with van der Waals surface area (Å²) in [7, 11) is 0. The molecule has 0 unspecified atom stereocenters. The number of carbonyl (C=O) groups excluding carboxylic acids is 1. The molecule has 0 radical (unpaired) electrons. The predicted octanol–water partition coefficient (Wildman–Crippen LogP) is 5.12. The topological polar surface area (TPSA) is 61.4 Å². The minimum Gasteiger partial charge on any atom is -0.504 e. The Morgan fingerprint density at radius 3 is 2.44 bits per heavy atom. The van der Waals surface area contributed by atoms with Gasteiger partial charge in [0.05, 0.1) is 10.7 Å². The van der Waals surface area contributed by atoms with E-state index in [0.717, 1.165) is 5.56 Å². The number of thiocarbonyl (C=S) groups is 1. The number of phenols is 1. The highest BCUT2D eigenvalue weighted by molar-refractivity contribution is 7.80. The summed E-state index contributed by atoms with van der Waals surface area (Å²) < 4.78 is 0. The molecule has 0 saturated carbocycles. The van der Waals surface area contributed by atoms with E-state index in [4.69, 9.17) is 35.4 Å². The molecule has 0 spiro atoms. The van der Waals surface area contributed by atoms with E-state index in [-0.39, 0.29) is 21.3 Å². The van der Waals surface area contributed by atoms with Crippen LogP contribution < -0.4 is 10.6 Å². The number of nitrogens with one attached hydrogen (secondary N) is 2. The molecule has 132 valence electrons. The zero-order valence-electron chi connectivity index (χ0n) is 14.0. The standard InChI is InChI=1S/C18H18Cl2N2O2S/c1-18(2,3)11-8-13(20)15(23)14(9-11)21-17(25)22-16(24)10-5-4-6-12(19)7-10/h4-9,23H,1-3H3,(H2,21,22,24,25). The number of hydrogen-bond donors (Lipinski definition) is 3. The van der Waals surface area contributed by atoms with Crippen molar-refractivity contribution in [1.29, 1.82) is 0 Å². The van der Waals surface area contributed by atoms with E-state index in [1.807, 2.05) is 20.8 Å². The van der Waals surface area contributed by atoms with Crippen molar-refractivity contribution in [2.24, 2.45) is 0 Å². The third-order valence-electron chi connectivity index (χ3n) is 3.49. The Hall–Kier alpha value is -1.82. The van der Waals surface area contributed by atoms with Gasteiger partial charge in [-0.25, -0.2) is 0 Å². The van der Waals surface area contributed by atoms with Crippen LogP contribution in [0.15, 0.2) is 36.4 Å². The number of benzene rings is 2. The molecule has 2 aromatic rings. The molecule has 0 aliphatic rings. The van der Waals surface area contributed by atoms with Crippen molar-refractivity contribution in [2.45, 2.75) is 26.2 Å². The Kier molecular flexibility index (Phi) is 5.93. The molecule has 0 fully saturated rings. The van der Waals surface area contributed by atoms with Gasteiger partial charge >= 0.3 is 0 Å². The van der Waals surface area contributed by atoms with Crippen LogP contribution in [0.5, 0.6) is 5.75 Å². The number of rotatable bonds is 2. The van der Waals surface area contributed by atoms with Gasteiger partial charge in [-0.15, -0.1) is 0 Å². The fourth-order valence-corrected chi connectivity index (χ4v) is 2.70. The van der Waals surface area contributed by atoms with Crippen LogP contribution >= 0.6 is 35.4 Å². The number of hydrogen-bond acceptors (Lipinski definition) is 3. The van der Waals surface area contributed by atoms with Gasteiger partial charge in [-0.2, -0.15) is 0 Å². The monoisotopic (exact) mass is 396 g/mol. The Labute approximate surface area is 162 Å². The maximum absolute atomic E-state index is 12.2. The van der Waals surface area contributed by atoms with E-state index in [2.05, 4.69) is 10.6 Å². The van der Waals surface area contributed by atoms with Crippen LogP contribution in [0.1, 0.15) is 36.7 Å². The van der Waals surface area contributed by atoms with Crippen molar-refractivity contribution in [3.05, 3.63) is 57.6 Å². The molecule has 3 N–H and O–H groups in total. The van der Waals surface area contributed by atoms with Crippen LogP contribution in [0.3, 0.4) is 0 Å². The summed E-state index contributed by atoms with van der Waals surface area (Å²) in [5, 5.41) is 16.2. The van der Waals surface area contributed by atoms with Gasteiger partial charge in [0, 0.05) is 10.6 Å². The van der Waals surface area contributed by atoms with Gasteiger partial charge in [-0.3, -0.25) is 10.1 Å². The number of halogens is 2. The molecular formula is C18H18Cl2N2O2S. The summed E-state index contributed by atoms with van der Waals surface area (Å²) in [6.45, 7) is 6.08. The molecule has 0 atom stereocenters. The second-order valence-corrected chi connectivity index (χ2v) is 7.77. The molecule has 25 heavy (non-hydrogen) atoms. The van der Waals surface area contributed by atoms with Crippen LogP contribution in [-0.4, -0.2) is 16.1 Å². The Bertz CT molecular complexity index is 832. The summed E-state index contributed by atoms with van der Waals surface area (Å²) in [6, 6.07) is 9.96. The van der Waals surface area contributed by atoms with Crippen LogP contribution in [0.25, 0.3) is 0 Å². The van der Waals surface area contributed by atoms with Gasteiger partial charge in [0.1, 0.15) is 0 Å². The first kappa shape index (κ1) is 19.5. The maximum atomic E-state index is 12.2. The van der Waals surface area contributed by atoms with E-state index in [1.165, 1.54) is 6.07 Å². The lowest BCUT2D eigenvalue weighted by Crippen LogP contribution is -2.34. The van der Waals surface area contributed by atoms with Gasteiger partial charge in [-0.05, 0) is 53.5 Å². The van der Waals surface area contributed by atoms with E-state index >= 15 is 0 Å². The zero-order valence-corrected chi connectivity index (χ0v) is 16.3. The van der Waals surface area contributed by atoms with Crippen molar-refractivity contribution in [3.63, 3.8) is 0 Å². The molecule has 7 heteroatoms. The third-order valence-corrected chi connectivity index (χ3v) is 4.22. The van der Waals surface area contributed by atoms with Crippen molar-refractivity contribution in [3.8, 4) is 5.75 Å². The molecular weight excluding hydrogens is 379 g/mol. The minimum absolute atomic E-state index is 0.0439. The molecule has 4 nitrogen and oxygen atoms in total. The predicted molar refractivity (Wildman–Crippen MR) is 107 cm³/mol. The lowest BCUT2D eigenvalue weighted by atomic mass is 9.87. The van der Waals surface area contributed by atoms with E-state index in [0.29, 0.717) is 16.3 Å². The molecule has 0 aromatic heterocycles. The first-order chi connectivity index (χ1) is 11.6. The van der Waals surface area contributed by atoms with E-state index in [9.17, 15) is 9.90 Å². The van der Waals surface area contributed by atoms with Gasteiger partial charge in [0.25, 0.3) is 5.91 Å². The Balaban J connectivity index is 2.18. The highest BCUT2D eigenvalue weighted by Crippen LogP contribution is 2.37. The van der Waals surface area contributed by atoms with Crippen molar-refractivity contribution in [1.82, 2.24) is 5.32 Å². The highest BCUT2D eigenvalue weighted by Gasteiger charge is 2.19. The lowest BCUT2D eigenvalue weighted by Gasteiger charge is -2.21. The number of anilines is 1. The van der Waals surface area contributed by atoms with Crippen molar-refractivity contribution >= 4 is 52.1 Å². The van der Waals surface area contributed by atoms with Crippen molar-refractivity contribution < 1.29 is 9.90 Å². The largest absolute Gasteiger partial charge is 0.504 e. The second kappa shape index (κ2) is 7.60. The smallest absolute Gasteiger partial charge is 0.257 e. The molecule has 2 aromatic carbocycles. The normalized spacial score (nSPS) is 11.1. The average Bonchev–Trinajstić information content (AvgIpc) is 2.50. The number of aromatic hydroxyl groups is 1. The zero-order chi connectivity index (χ0) is 18.8. The molecule has 0 aliphatic carbocycles.